The van der Waals surface area contributed by atoms with Crippen molar-refractivity contribution in [2.45, 2.75) is 50.3 Å². The molecule has 2 unspecified atom stereocenters. The summed E-state index contributed by atoms with van der Waals surface area (Å²) in [6, 6.07) is 8.28. The number of aryl methyl sites for hydroxylation is 1. The lowest BCUT2D eigenvalue weighted by atomic mass is 9.92. The topological polar surface area (TPSA) is 12.5 Å². The van der Waals surface area contributed by atoms with Crippen molar-refractivity contribution in [3.8, 4) is 0 Å². The molecule has 1 saturated heterocycles. The van der Waals surface area contributed by atoms with Crippen LogP contribution in [0.3, 0.4) is 0 Å². The fourth-order valence-corrected chi connectivity index (χ4v) is 2.48. The average Bonchev–Trinajstić information content (AvgIpc) is 3.11. The number of benzene rings is 1. The summed E-state index contributed by atoms with van der Waals surface area (Å²) in [5.74, 6) is 0. The first-order chi connectivity index (χ1) is 8.51. The molecule has 1 heterocycles. The smallest absolute Gasteiger partial charge is 0.186 e. The van der Waals surface area contributed by atoms with E-state index in [1.165, 1.54) is 5.56 Å². The van der Waals surface area contributed by atoms with Gasteiger partial charge in [-0.15, -0.1) is 0 Å². The van der Waals surface area contributed by atoms with Crippen LogP contribution < -0.4 is 0 Å². The van der Waals surface area contributed by atoms with Crippen LogP contribution in [0.25, 0.3) is 0 Å². The van der Waals surface area contributed by atoms with Gasteiger partial charge in [-0.05, 0) is 24.0 Å². The third-order valence-corrected chi connectivity index (χ3v) is 3.97. The largest absolute Gasteiger partial charge is 0.364 e. The minimum atomic E-state index is -1.67. The van der Waals surface area contributed by atoms with Crippen molar-refractivity contribution < 1.29 is 9.13 Å². The second-order valence-corrected chi connectivity index (χ2v) is 5.79. The Morgan fingerprint density at radius 1 is 1.33 bits per heavy atom. The molecule has 0 aromatic heterocycles. The average molecular weight is 271 g/mol. The summed E-state index contributed by atoms with van der Waals surface area (Å²) in [6.45, 7) is 4.48. The minimum absolute atomic E-state index is 0.227. The van der Waals surface area contributed by atoms with E-state index in [0.717, 1.165) is 18.4 Å². The minimum Gasteiger partial charge on any atom is -0.364 e. The highest BCUT2D eigenvalue weighted by atomic mass is 35.5. The quantitative estimate of drug-likeness (QED) is 0.545. The molecule has 2 rings (SSSR count). The number of epoxide rings is 1. The van der Waals surface area contributed by atoms with Crippen LogP contribution in [-0.4, -0.2) is 11.7 Å². The van der Waals surface area contributed by atoms with Crippen LogP contribution >= 0.6 is 11.6 Å². The summed E-state index contributed by atoms with van der Waals surface area (Å²) in [5, 5.41) is -1.67. The van der Waals surface area contributed by atoms with E-state index in [0.29, 0.717) is 13.0 Å². The number of hydrogen-bond acceptors (Lipinski definition) is 1. The van der Waals surface area contributed by atoms with E-state index in [9.17, 15) is 4.39 Å². The Hall–Kier alpha value is -0.600. The van der Waals surface area contributed by atoms with Crippen molar-refractivity contribution in [1.29, 1.82) is 0 Å². The molecule has 0 amide bonds. The van der Waals surface area contributed by atoms with Gasteiger partial charge in [-0.2, -0.15) is 0 Å². The summed E-state index contributed by atoms with van der Waals surface area (Å²) in [7, 11) is 0. The number of hydrogen-bond donors (Lipinski definition) is 0. The van der Waals surface area contributed by atoms with Gasteiger partial charge in [0.2, 0.25) is 0 Å². The van der Waals surface area contributed by atoms with Crippen LogP contribution in [0.5, 0.6) is 0 Å². The molecular formula is C15H20ClFO. The molecule has 2 atom stereocenters. The van der Waals surface area contributed by atoms with Gasteiger partial charge in [-0.25, -0.2) is 4.39 Å². The van der Waals surface area contributed by atoms with Gasteiger partial charge < -0.3 is 4.74 Å². The van der Waals surface area contributed by atoms with Gasteiger partial charge in [-0.1, -0.05) is 56.1 Å². The summed E-state index contributed by atoms with van der Waals surface area (Å²) in [5.41, 5.74) is 1.86. The summed E-state index contributed by atoms with van der Waals surface area (Å²) < 4.78 is 19.4. The van der Waals surface area contributed by atoms with Gasteiger partial charge in [0.15, 0.2) is 5.13 Å². The van der Waals surface area contributed by atoms with Crippen molar-refractivity contribution in [3.63, 3.8) is 0 Å². The molecule has 0 spiro atoms. The predicted molar refractivity (Wildman–Crippen MR) is 72.7 cm³/mol. The fraction of sp³-hybridized carbons (Fsp3) is 0.600. The van der Waals surface area contributed by atoms with E-state index < -0.39 is 10.7 Å². The van der Waals surface area contributed by atoms with Gasteiger partial charge in [0.1, 0.15) is 5.60 Å². The van der Waals surface area contributed by atoms with Crippen molar-refractivity contribution in [1.82, 2.24) is 0 Å². The number of halogens is 2. The standard InChI is InChI=1S/C15H20ClFO/c1-3-5-12-6-8-13(9-7-12)14(11-18-14)10-15(16,17)4-2/h6-9H,3-5,10-11H2,1-2H3. The molecule has 0 radical (unpaired) electrons. The van der Waals surface area contributed by atoms with Crippen molar-refractivity contribution in [3.05, 3.63) is 35.4 Å². The van der Waals surface area contributed by atoms with Crippen LogP contribution in [0.15, 0.2) is 24.3 Å². The lowest BCUT2D eigenvalue weighted by Gasteiger charge is -2.21. The number of ether oxygens (including phenoxy) is 1. The van der Waals surface area contributed by atoms with E-state index in [1.54, 1.807) is 6.92 Å². The summed E-state index contributed by atoms with van der Waals surface area (Å²) in [6.07, 6.45) is 2.73. The van der Waals surface area contributed by atoms with Gasteiger partial charge in [-0.3, -0.25) is 0 Å². The maximum atomic E-state index is 13.9. The van der Waals surface area contributed by atoms with E-state index in [-0.39, 0.29) is 6.42 Å². The van der Waals surface area contributed by atoms with Crippen LogP contribution in [0.4, 0.5) is 4.39 Å². The van der Waals surface area contributed by atoms with Gasteiger partial charge in [0.05, 0.1) is 6.61 Å². The van der Waals surface area contributed by atoms with Crippen LogP contribution in [0.1, 0.15) is 44.2 Å². The lowest BCUT2D eigenvalue weighted by Crippen LogP contribution is -2.23. The molecule has 0 saturated carbocycles. The first-order valence-corrected chi connectivity index (χ1v) is 7.00. The molecule has 1 aromatic rings. The van der Waals surface area contributed by atoms with Gasteiger partial charge in [0, 0.05) is 6.42 Å². The van der Waals surface area contributed by atoms with Gasteiger partial charge >= 0.3 is 0 Å². The molecule has 1 aliphatic heterocycles. The van der Waals surface area contributed by atoms with Crippen molar-refractivity contribution in [2.75, 3.05) is 6.61 Å². The van der Waals surface area contributed by atoms with E-state index >= 15 is 0 Å². The molecule has 18 heavy (non-hydrogen) atoms. The Morgan fingerprint density at radius 2 is 1.94 bits per heavy atom. The van der Waals surface area contributed by atoms with Gasteiger partial charge in [0.25, 0.3) is 0 Å². The van der Waals surface area contributed by atoms with E-state index in [4.69, 9.17) is 16.3 Å². The number of rotatable bonds is 6. The van der Waals surface area contributed by atoms with Crippen molar-refractivity contribution in [2.24, 2.45) is 0 Å². The maximum absolute atomic E-state index is 13.9. The van der Waals surface area contributed by atoms with Crippen molar-refractivity contribution >= 4 is 11.6 Å². The first kappa shape index (κ1) is 13.8. The zero-order valence-corrected chi connectivity index (χ0v) is 11.8. The molecule has 3 heteroatoms. The molecule has 1 aromatic carbocycles. The Kier molecular flexibility index (Phi) is 3.98. The molecule has 0 N–H and O–H groups in total. The highest BCUT2D eigenvalue weighted by molar-refractivity contribution is 6.22. The Labute approximate surface area is 113 Å². The van der Waals surface area contributed by atoms with E-state index in [2.05, 4.69) is 19.1 Å². The Morgan fingerprint density at radius 3 is 2.39 bits per heavy atom. The second kappa shape index (κ2) is 5.18. The lowest BCUT2D eigenvalue weighted by molar-refractivity contribution is 0.176. The SMILES string of the molecule is CCCc1ccc(C2(CC(F)(Cl)CC)CO2)cc1. The molecule has 1 nitrogen and oxygen atoms in total. The van der Waals surface area contributed by atoms with E-state index in [1.807, 2.05) is 12.1 Å². The zero-order valence-electron chi connectivity index (χ0n) is 11.0. The third kappa shape index (κ3) is 3.04. The molecule has 0 aliphatic carbocycles. The molecule has 0 bridgehead atoms. The molecule has 100 valence electrons. The maximum Gasteiger partial charge on any atom is 0.186 e. The Bertz CT molecular complexity index is 395. The van der Waals surface area contributed by atoms with Crippen LogP contribution in [0, 0.1) is 0 Å². The molecular weight excluding hydrogens is 251 g/mol. The summed E-state index contributed by atoms with van der Waals surface area (Å²) in [4.78, 5) is 0. The fourth-order valence-electron chi connectivity index (χ4n) is 2.26. The Balaban J connectivity index is 2.11. The number of alkyl halides is 2. The predicted octanol–water partition coefficient (Wildman–Crippen LogP) is 4.57. The second-order valence-electron chi connectivity index (χ2n) is 5.12. The highest BCUT2D eigenvalue weighted by Crippen LogP contribution is 2.48. The molecule has 1 fully saturated rings. The monoisotopic (exact) mass is 270 g/mol. The van der Waals surface area contributed by atoms with Crippen LogP contribution in [0.2, 0.25) is 0 Å². The highest BCUT2D eigenvalue weighted by Gasteiger charge is 2.51. The third-order valence-electron chi connectivity index (χ3n) is 3.57. The summed E-state index contributed by atoms with van der Waals surface area (Å²) >= 11 is 5.83. The first-order valence-electron chi connectivity index (χ1n) is 6.62. The zero-order chi connectivity index (χ0) is 13.2. The normalized spacial score (nSPS) is 25.8. The van der Waals surface area contributed by atoms with Crippen LogP contribution in [-0.2, 0) is 16.8 Å². The molecule has 1 aliphatic rings.